The third-order valence-electron chi connectivity index (χ3n) is 8.35. The van der Waals surface area contributed by atoms with Crippen molar-refractivity contribution in [2.45, 2.75) is 64.2 Å². The summed E-state index contributed by atoms with van der Waals surface area (Å²) in [7, 11) is 0. The number of rotatable bonds is 1. The van der Waals surface area contributed by atoms with E-state index in [1.54, 1.807) is 0 Å². The quantitative estimate of drug-likeness (QED) is 0.264. The van der Waals surface area contributed by atoms with Crippen LogP contribution in [0.5, 0.6) is 0 Å². The summed E-state index contributed by atoms with van der Waals surface area (Å²) in [5.74, 6) is -0.0402. The highest BCUT2D eigenvalue weighted by molar-refractivity contribution is 6.15. The first kappa shape index (κ1) is 24.6. The van der Waals surface area contributed by atoms with Crippen molar-refractivity contribution in [3.63, 3.8) is 0 Å². The van der Waals surface area contributed by atoms with E-state index in [9.17, 15) is 9.59 Å². The fraction of sp³-hybridized carbons (Fsp3) is 0.278. The van der Waals surface area contributed by atoms with Gasteiger partial charge in [0.1, 0.15) is 0 Å². The van der Waals surface area contributed by atoms with Crippen LogP contribution >= 0.6 is 0 Å². The Morgan fingerprint density at radius 2 is 0.789 bits per heavy atom. The fourth-order valence-electron chi connectivity index (χ4n) is 6.75. The number of benzene rings is 4. The Morgan fingerprint density at radius 3 is 1.16 bits per heavy atom. The second-order valence-corrected chi connectivity index (χ2v) is 12.8. The lowest BCUT2D eigenvalue weighted by atomic mass is 9.60. The van der Waals surface area contributed by atoms with E-state index in [0.717, 1.165) is 44.5 Å². The van der Waals surface area contributed by atoms with Crippen LogP contribution in [0.3, 0.4) is 0 Å². The lowest BCUT2D eigenvalue weighted by Gasteiger charge is -2.42. The van der Waals surface area contributed by atoms with Crippen LogP contribution in [-0.2, 0) is 10.8 Å². The Kier molecular flexibility index (Phi) is 5.40. The van der Waals surface area contributed by atoms with Gasteiger partial charge in [-0.2, -0.15) is 0 Å². The summed E-state index contributed by atoms with van der Waals surface area (Å²) in [6.07, 6.45) is 0. The van der Waals surface area contributed by atoms with E-state index in [-0.39, 0.29) is 34.2 Å². The highest BCUT2D eigenvalue weighted by atomic mass is 16.1. The van der Waals surface area contributed by atoms with Crippen LogP contribution in [0, 0.1) is 0 Å². The van der Waals surface area contributed by atoms with Crippen molar-refractivity contribution < 1.29 is 9.59 Å². The second kappa shape index (κ2) is 8.36. The van der Waals surface area contributed by atoms with E-state index in [0.29, 0.717) is 0 Å². The molecule has 0 fully saturated rings. The number of carbonyl (C=O) groups is 2. The van der Waals surface area contributed by atoms with Crippen molar-refractivity contribution in [2.24, 2.45) is 0 Å². The van der Waals surface area contributed by atoms with Crippen molar-refractivity contribution in [2.75, 3.05) is 0 Å². The zero-order valence-corrected chi connectivity index (χ0v) is 23.1. The van der Waals surface area contributed by atoms with Crippen LogP contribution in [0.1, 0.15) is 119 Å². The molecule has 0 saturated carbocycles. The molecule has 0 aliphatic heterocycles. The van der Waals surface area contributed by atoms with Gasteiger partial charge in [0.2, 0.25) is 0 Å². The van der Waals surface area contributed by atoms with Gasteiger partial charge in [-0.3, -0.25) is 9.59 Å². The van der Waals surface area contributed by atoms with Crippen LogP contribution in [-0.4, -0.2) is 11.6 Å². The molecule has 4 aromatic rings. The van der Waals surface area contributed by atoms with E-state index >= 15 is 0 Å². The summed E-state index contributed by atoms with van der Waals surface area (Å²) in [6, 6.07) is 28.6. The average molecular weight is 499 g/mol. The van der Waals surface area contributed by atoms with Gasteiger partial charge in [0.25, 0.3) is 0 Å². The molecule has 2 nitrogen and oxygen atoms in total. The number of hydrogen-bond acceptors (Lipinski definition) is 2. The molecule has 190 valence electrons. The van der Waals surface area contributed by atoms with Crippen molar-refractivity contribution in [3.05, 3.63) is 141 Å². The Hall–Kier alpha value is -3.78. The molecular weight excluding hydrogens is 464 g/mol. The lowest BCUT2D eigenvalue weighted by molar-refractivity contribution is 0.102. The molecule has 2 aliphatic rings. The Morgan fingerprint density at radius 1 is 0.447 bits per heavy atom. The third-order valence-corrected chi connectivity index (χ3v) is 8.35. The summed E-state index contributed by atoms with van der Waals surface area (Å²) in [5.41, 5.74) is 9.45. The second-order valence-electron chi connectivity index (χ2n) is 12.8. The minimum absolute atomic E-state index is 0.0856. The van der Waals surface area contributed by atoms with Gasteiger partial charge in [0, 0.05) is 34.1 Å². The molecule has 0 saturated heterocycles. The van der Waals surface area contributed by atoms with Gasteiger partial charge in [0.15, 0.2) is 11.6 Å². The maximum absolute atomic E-state index is 13.9. The molecule has 6 rings (SSSR count). The molecule has 0 N–H and O–H groups in total. The first-order chi connectivity index (χ1) is 18.0. The first-order valence-corrected chi connectivity index (χ1v) is 13.5. The number of fused-ring (bicyclic) bond motifs is 4. The van der Waals surface area contributed by atoms with Crippen LogP contribution in [0.25, 0.3) is 0 Å². The summed E-state index contributed by atoms with van der Waals surface area (Å²) >= 11 is 0. The zero-order chi connectivity index (χ0) is 27.0. The Bertz CT molecular complexity index is 1500. The lowest BCUT2D eigenvalue weighted by Crippen LogP contribution is -2.33. The monoisotopic (exact) mass is 498 g/mol. The highest BCUT2D eigenvalue weighted by Gasteiger charge is 2.45. The summed E-state index contributed by atoms with van der Waals surface area (Å²) in [6.45, 7) is 13.3. The van der Waals surface area contributed by atoms with Crippen LogP contribution in [0.2, 0.25) is 0 Å². The molecule has 38 heavy (non-hydrogen) atoms. The SMILES string of the molecule is CC(C)(C)c1cccc2c1C(C1c3ccccc3C(=O)c3cccc(C(C)(C)C)c31)c1ccccc1C2=O. The molecular formula is C36H34O2. The van der Waals surface area contributed by atoms with Gasteiger partial charge in [-0.25, -0.2) is 0 Å². The van der Waals surface area contributed by atoms with E-state index in [2.05, 4.69) is 65.8 Å². The first-order valence-electron chi connectivity index (χ1n) is 13.5. The highest BCUT2D eigenvalue weighted by Crippen LogP contribution is 2.55. The molecule has 2 unspecified atom stereocenters. The Labute approximate surface area is 225 Å². The van der Waals surface area contributed by atoms with Crippen molar-refractivity contribution in [1.82, 2.24) is 0 Å². The van der Waals surface area contributed by atoms with Crippen molar-refractivity contribution >= 4 is 11.6 Å². The summed E-state index contributed by atoms with van der Waals surface area (Å²) in [4.78, 5) is 27.9. The molecule has 0 amide bonds. The van der Waals surface area contributed by atoms with E-state index in [1.165, 1.54) is 11.1 Å². The van der Waals surface area contributed by atoms with Crippen LogP contribution in [0.4, 0.5) is 0 Å². The summed E-state index contributed by atoms with van der Waals surface area (Å²) < 4.78 is 0. The molecule has 2 atom stereocenters. The van der Waals surface area contributed by atoms with Gasteiger partial charge in [-0.05, 0) is 44.2 Å². The van der Waals surface area contributed by atoms with Crippen LogP contribution in [0.15, 0.2) is 84.9 Å². The smallest absolute Gasteiger partial charge is 0.193 e. The number of ketones is 2. The van der Waals surface area contributed by atoms with Gasteiger partial charge in [-0.1, -0.05) is 126 Å². The predicted octanol–water partition coefficient (Wildman–Crippen LogP) is 8.33. The maximum Gasteiger partial charge on any atom is 0.193 e. The topological polar surface area (TPSA) is 34.1 Å². The van der Waals surface area contributed by atoms with Gasteiger partial charge >= 0.3 is 0 Å². The zero-order valence-electron chi connectivity index (χ0n) is 23.1. The van der Waals surface area contributed by atoms with Gasteiger partial charge in [0.05, 0.1) is 0 Å². The summed E-state index contributed by atoms with van der Waals surface area (Å²) in [5, 5.41) is 0. The number of hydrogen-bond donors (Lipinski definition) is 0. The third kappa shape index (κ3) is 3.54. The van der Waals surface area contributed by atoms with Crippen molar-refractivity contribution in [3.8, 4) is 0 Å². The van der Waals surface area contributed by atoms with E-state index < -0.39 is 0 Å². The molecule has 4 aromatic carbocycles. The largest absolute Gasteiger partial charge is 0.289 e. The van der Waals surface area contributed by atoms with Crippen LogP contribution < -0.4 is 0 Å². The molecule has 2 heteroatoms. The molecule has 0 bridgehead atoms. The average Bonchev–Trinajstić information content (AvgIpc) is 2.89. The maximum atomic E-state index is 13.9. The normalized spacial score (nSPS) is 18.4. The Balaban J connectivity index is 1.78. The van der Waals surface area contributed by atoms with E-state index in [4.69, 9.17) is 0 Å². The molecule has 0 heterocycles. The minimum atomic E-state index is -0.160. The van der Waals surface area contributed by atoms with Gasteiger partial charge < -0.3 is 0 Å². The standard InChI is InChI=1S/C36H34O2/c1-35(2,3)27-19-11-17-25-29(27)31(21-13-7-9-15-23(21)33(25)37)32-22-14-8-10-16-24(22)34(38)26-18-12-20-28(30(26)32)36(4,5)6/h7-20,31-32H,1-6H3. The molecule has 0 radical (unpaired) electrons. The minimum Gasteiger partial charge on any atom is -0.289 e. The van der Waals surface area contributed by atoms with Crippen molar-refractivity contribution in [1.29, 1.82) is 0 Å². The molecule has 0 spiro atoms. The van der Waals surface area contributed by atoms with E-state index in [1.807, 2.05) is 60.7 Å². The molecule has 2 aliphatic carbocycles. The predicted molar refractivity (Wildman–Crippen MR) is 154 cm³/mol. The van der Waals surface area contributed by atoms with Gasteiger partial charge in [-0.15, -0.1) is 0 Å². The molecule has 0 aromatic heterocycles. The number of carbonyl (C=O) groups excluding carboxylic acids is 2. The fourth-order valence-corrected chi connectivity index (χ4v) is 6.75.